The third kappa shape index (κ3) is 4.23. The van der Waals surface area contributed by atoms with Crippen LogP contribution >= 0.6 is 11.6 Å². The normalized spacial score (nSPS) is 24.3. The Labute approximate surface area is 126 Å². The summed E-state index contributed by atoms with van der Waals surface area (Å²) < 4.78 is 0. The minimum absolute atomic E-state index is 0.00923. The molecule has 1 N–H and O–H groups in total. The zero-order chi connectivity index (χ0) is 15.3. The number of hydrogen-bond acceptors (Lipinski definition) is 2. The summed E-state index contributed by atoms with van der Waals surface area (Å²) in [5.41, 5.74) is 2.36. The average molecular weight is 301 g/mol. The molecule has 0 spiro atoms. The molecule has 5 heteroatoms. The van der Waals surface area contributed by atoms with Gasteiger partial charge in [-0.2, -0.15) is 0 Å². The number of nitrogens with zero attached hydrogens (tertiary/aromatic N) is 1. The summed E-state index contributed by atoms with van der Waals surface area (Å²) >= 11 is 5.71. The van der Waals surface area contributed by atoms with E-state index in [0.717, 1.165) is 12.0 Å². The van der Waals surface area contributed by atoms with Gasteiger partial charge < -0.3 is 10.2 Å². The SMILES string of the molecule is CCCC1NC(=O)C(CC(C)C)N(CC(C)=CCl)C1=O. The molecular formula is C15H25ClN2O2. The Balaban J connectivity index is 2.96. The molecule has 0 radical (unpaired) electrons. The van der Waals surface area contributed by atoms with E-state index in [1.54, 1.807) is 4.90 Å². The number of hydrogen-bond donors (Lipinski definition) is 1. The molecule has 0 bridgehead atoms. The van der Waals surface area contributed by atoms with E-state index >= 15 is 0 Å². The molecule has 0 aromatic carbocycles. The molecule has 2 amide bonds. The minimum Gasteiger partial charge on any atom is -0.343 e. The zero-order valence-electron chi connectivity index (χ0n) is 12.8. The molecule has 1 heterocycles. The van der Waals surface area contributed by atoms with E-state index < -0.39 is 0 Å². The average Bonchev–Trinajstić information content (AvgIpc) is 2.39. The first kappa shape index (κ1) is 17.0. The van der Waals surface area contributed by atoms with Crippen LogP contribution in [0.4, 0.5) is 0 Å². The first-order chi connectivity index (χ1) is 9.40. The highest BCUT2D eigenvalue weighted by molar-refractivity contribution is 6.25. The summed E-state index contributed by atoms with van der Waals surface area (Å²) in [6.07, 6.45) is 2.22. The van der Waals surface area contributed by atoms with Gasteiger partial charge in [-0.25, -0.2) is 0 Å². The fourth-order valence-electron chi connectivity index (χ4n) is 2.48. The second-order valence-corrected chi connectivity index (χ2v) is 6.14. The third-order valence-corrected chi connectivity index (χ3v) is 3.83. The lowest BCUT2D eigenvalue weighted by Crippen LogP contribution is -2.63. The first-order valence-corrected chi connectivity index (χ1v) is 7.71. The molecule has 0 saturated carbocycles. The standard InChI is InChI=1S/C15H25ClN2O2/c1-5-6-12-15(20)18(9-11(4)8-16)13(7-10(2)3)14(19)17-12/h8,10,12-13H,5-7,9H2,1-4H3,(H,17,19). The molecule has 1 aliphatic heterocycles. The molecule has 2 atom stereocenters. The summed E-state index contributed by atoms with van der Waals surface area (Å²) in [6.45, 7) is 8.41. The molecule has 1 fully saturated rings. The van der Waals surface area contributed by atoms with Crippen LogP contribution in [0, 0.1) is 5.92 Å². The van der Waals surface area contributed by atoms with Crippen molar-refractivity contribution >= 4 is 23.4 Å². The van der Waals surface area contributed by atoms with Crippen LogP contribution in [0.25, 0.3) is 0 Å². The number of piperazine rings is 1. The van der Waals surface area contributed by atoms with Crippen LogP contribution in [0.3, 0.4) is 0 Å². The van der Waals surface area contributed by atoms with E-state index in [9.17, 15) is 9.59 Å². The molecule has 1 rings (SSSR count). The van der Waals surface area contributed by atoms with Gasteiger partial charge in [0.05, 0.1) is 0 Å². The van der Waals surface area contributed by atoms with Crippen molar-refractivity contribution in [3.63, 3.8) is 0 Å². The Morgan fingerprint density at radius 2 is 2.10 bits per heavy atom. The second kappa shape index (κ2) is 7.67. The number of nitrogens with one attached hydrogen (secondary N) is 1. The van der Waals surface area contributed by atoms with E-state index in [1.807, 2.05) is 13.8 Å². The summed E-state index contributed by atoms with van der Waals surface area (Å²) in [5.74, 6) is 0.318. The van der Waals surface area contributed by atoms with Gasteiger partial charge in [0.1, 0.15) is 12.1 Å². The molecule has 0 aromatic heterocycles. The lowest BCUT2D eigenvalue weighted by Gasteiger charge is -2.40. The lowest BCUT2D eigenvalue weighted by molar-refractivity contribution is -0.149. The molecular weight excluding hydrogens is 276 g/mol. The molecule has 0 aliphatic carbocycles. The summed E-state index contributed by atoms with van der Waals surface area (Å²) in [4.78, 5) is 26.5. The van der Waals surface area contributed by atoms with Gasteiger partial charge in [0.2, 0.25) is 11.8 Å². The van der Waals surface area contributed by atoms with Gasteiger partial charge in [0.25, 0.3) is 0 Å². The highest BCUT2D eigenvalue weighted by Gasteiger charge is 2.39. The predicted molar refractivity (Wildman–Crippen MR) is 81.4 cm³/mol. The predicted octanol–water partition coefficient (Wildman–Crippen LogP) is 2.67. The quantitative estimate of drug-likeness (QED) is 0.820. The summed E-state index contributed by atoms with van der Waals surface area (Å²) in [5, 5.41) is 2.86. The van der Waals surface area contributed by atoms with Gasteiger partial charge in [-0.15, -0.1) is 0 Å². The van der Waals surface area contributed by atoms with E-state index in [0.29, 0.717) is 25.3 Å². The Kier molecular flexibility index (Phi) is 6.53. The van der Waals surface area contributed by atoms with Crippen LogP contribution in [0.2, 0.25) is 0 Å². The summed E-state index contributed by atoms with van der Waals surface area (Å²) in [7, 11) is 0. The van der Waals surface area contributed by atoms with Crippen molar-refractivity contribution in [1.82, 2.24) is 10.2 Å². The van der Waals surface area contributed by atoms with Crippen LogP contribution in [0.1, 0.15) is 47.0 Å². The zero-order valence-corrected chi connectivity index (χ0v) is 13.5. The number of rotatable bonds is 6. The van der Waals surface area contributed by atoms with Crippen molar-refractivity contribution in [3.05, 3.63) is 11.1 Å². The van der Waals surface area contributed by atoms with Crippen molar-refractivity contribution < 1.29 is 9.59 Å². The van der Waals surface area contributed by atoms with Gasteiger partial charge in [-0.05, 0) is 31.3 Å². The maximum absolute atomic E-state index is 12.5. The summed E-state index contributed by atoms with van der Waals surface area (Å²) in [6, 6.07) is -0.777. The van der Waals surface area contributed by atoms with Gasteiger partial charge in [0.15, 0.2) is 0 Å². The van der Waals surface area contributed by atoms with Gasteiger partial charge >= 0.3 is 0 Å². The number of carbonyl (C=O) groups is 2. The molecule has 20 heavy (non-hydrogen) atoms. The van der Waals surface area contributed by atoms with Crippen molar-refractivity contribution in [3.8, 4) is 0 Å². The Hall–Kier alpha value is -1.03. The number of carbonyl (C=O) groups excluding carboxylic acids is 2. The van der Waals surface area contributed by atoms with Crippen LogP contribution < -0.4 is 5.32 Å². The van der Waals surface area contributed by atoms with Crippen molar-refractivity contribution in [2.45, 2.75) is 59.0 Å². The Morgan fingerprint density at radius 3 is 2.60 bits per heavy atom. The van der Waals surface area contributed by atoms with Gasteiger partial charge in [0, 0.05) is 12.1 Å². The second-order valence-electron chi connectivity index (χ2n) is 5.92. The highest BCUT2D eigenvalue weighted by atomic mass is 35.5. The largest absolute Gasteiger partial charge is 0.343 e. The Morgan fingerprint density at radius 1 is 1.45 bits per heavy atom. The molecule has 114 valence electrons. The van der Waals surface area contributed by atoms with Crippen molar-refractivity contribution in [2.75, 3.05) is 6.54 Å². The van der Waals surface area contributed by atoms with Crippen LogP contribution in [-0.4, -0.2) is 35.3 Å². The van der Waals surface area contributed by atoms with E-state index in [4.69, 9.17) is 11.6 Å². The lowest BCUT2D eigenvalue weighted by atomic mass is 9.96. The van der Waals surface area contributed by atoms with Gasteiger partial charge in [-0.3, -0.25) is 9.59 Å². The Bertz CT molecular complexity index is 393. The van der Waals surface area contributed by atoms with Crippen molar-refractivity contribution in [2.24, 2.45) is 5.92 Å². The first-order valence-electron chi connectivity index (χ1n) is 7.27. The van der Waals surface area contributed by atoms with Crippen LogP contribution in [0.15, 0.2) is 11.1 Å². The fourth-order valence-corrected chi connectivity index (χ4v) is 2.55. The fraction of sp³-hybridized carbons (Fsp3) is 0.733. The molecule has 1 saturated heterocycles. The monoisotopic (exact) mass is 300 g/mol. The highest BCUT2D eigenvalue weighted by Crippen LogP contribution is 2.20. The maximum Gasteiger partial charge on any atom is 0.246 e. The molecule has 0 aromatic rings. The van der Waals surface area contributed by atoms with Crippen molar-refractivity contribution in [1.29, 1.82) is 0 Å². The smallest absolute Gasteiger partial charge is 0.246 e. The van der Waals surface area contributed by atoms with Crippen LogP contribution in [0.5, 0.6) is 0 Å². The topological polar surface area (TPSA) is 49.4 Å². The molecule has 4 nitrogen and oxygen atoms in total. The molecule has 2 unspecified atom stereocenters. The maximum atomic E-state index is 12.5. The van der Waals surface area contributed by atoms with E-state index in [2.05, 4.69) is 19.2 Å². The molecule has 1 aliphatic rings. The number of halogens is 1. The minimum atomic E-state index is -0.390. The van der Waals surface area contributed by atoms with E-state index in [1.165, 1.54) is 5.54 Å². The van der Waals surface area contributed by atoms with Gasteiger partial charge in [-0.1, -0.05) is 38.8 Å². The third-order valence-electron chi connectivity index (χ3n) is 3.45. The van der Waals surface area contributed by atoms with E-state index in [-0.39, 0.29) is 23.9 Å². The van der Waals surface area contributed by atoms with Crippen LogP contribution in [-0.2, 0) is 9.59 Å². The number of amides is 2.